The molecule has 0 aliphatic rings. The Morgan fingerprint density at radius 2 is 1.93 bits per heavy atom. The van der Waals surface area contributed by atoms with Gasteiger partial charge >= 0.3 is 0 Å². The van der Waals surface area contributed by atoms with Crippen LogP contribution in [0.15, 0.2) is 0 Å². The molecule has 0 atom stereocenters. The number of hydrogen-bond acceptors (Lipinski definition) is 3. The monoisotopic (exact) mass is 201 g/mol. The molecule has 0 aliphatic heterocycles. The van der Waals surface area contributed by atoms with Crippen molar-refractivity contribution in [3.63, 3.8) is 0 Å². The van der Waals surface area contributed by atoms with Crippen LogP contribution in [-0.2, 0) is 0 Å². The Kier molecular flexibility index (Phi) is 8.57. The van der Waals surface area contributed by atoms with Crippen LogP contribution in [-0.4, -0.2) is 42.1 Å². The van der Waals surface area contributed by atoms with Crippen LogP contribution in [0.5, 0.6) is 0 Å². The van der Waals surface area contributed by atoms with E-state index in [1.54, 1.807) is 0 Å². The standard InChI is InChI=1S/C10H23N3O/c1-2-3-6-13(8-9-14)7-4-5-10(11)12/h14H,2-9H2,1H3,(H3,11,12). The average Bonchev–Trinajstić information content (AvgIpc) is 2.13. The Morgan fingerprint density at radius 1 is 1.29 bits per heavy atom. The number of nitrogens with one attached hydrogen (secondary N) is 1. The molecule has 0 bridgehead atoms. The van der Waals surface area contributed by atoms with E-state index in [1.807, 2.05) is 0 Å². The molecule has 0 saturated heterocycles. The number of aliphatic hydroxyl groups is 1. The predicted molar refractivity (Wildman–Crippen MR) is 59.6 cm³/mol. The van der Waals surface area contributed by atoms with Gasteiger partial charge in [0, 0.05) is 13.0 Å². The van der Waals surface area contributed by atoms with Gasteiger partial charge in [0.15, 0.2) is 0 Å². The number of unbranched alkanes of at least 4 members (excludes halogenated alkanes) is 1. The van der Waals surface area contributed by atoms with E-state index < -0.39 is 0 Å². The van der Waals surface area contributed by atoms with Gasteiger partial charge in [0.1, 0.15) is 0 Å². The number of amidine groups is 1. The normalized spacial score (nSPS) is 10.8. The second-order valence-corrected chi connectivity index (χ2v) is 3.55. The lowest BCUT2D eigenvalue weighted by atomic mass is 10.2. The van der Waals surface area contributed by atoms with Crippen molar-refractivity contribution in [3.05, 3.63) is 0 Å². The van der Waals surface area contributed by atoms with Gasteiger partial charge in [-0.2, -0.15) is 0 Å². The van der Waals surface area contributed by atoms with Crippen LogP contribution in [0.3, 0.4) is 0 Å². The summed E-state index contributed by atoms with van der Waals surface area (Å²) in [4.78, 5) is 2.23. The minimum Gasteiger partial charge on any atom is -0.395 e. The van der Waals surface area contributed by atoms with Gasteiger partial charge < -0.3 is 15.7 Å². The first-order valence-electron chi connectivity index (χ1n) is 5.36. The summed E-state index contributed by atoms with van der Waals surface area (Å²) >= 11 is 0. The Morgan fingerprint density at radius 3 is 2.43 bits per heavy atom. The quantitative estimate of drug-likeness (QED) is 0.381. The molecule has 4 heteroatoms. The van der Waals surface area contributed by atoms with Crippen molar-refractivity contribution < 1.29 is 5.11 Å². The number of hydrogen-bond donors (Lipinski definition) is 3. The molecule has 0 aromatic heterocycles. The number of rotatable bonds is 9. The van der Waals surface area contributed by atoms with Crippen molar-refractivity contribution in [1.82, 2.24) is 4.90 Å². The predicted octanol–water partition coefficient (Wildman–Crippen LogP) is 0.797. The van der Waals surface area contributed by atoms with Crippen LogP contribution in [0.2, 0.25) is 0 Å². The summed E-state index contributed by atoms with van der Waals surface area (Å²) in [5.41, 5.74) is 5.27. The lowest BCUT2D eigenvalue weighted by molar-refractivity contribution is 0.193. The first kappa shape index (κ1) is 13.4. The summed E-state index contributed by atoms with van der Waals surface area (Å²) in [7, 11) is 0. The summed E-state index contributed by atoms with van der Waals surface area (Å²) in [5.74, 6) is 0.254. The first-order valence-corrected chi connectivity index (χ1v) is 5.36. The van der Waals surface area contributed by atoms with Crippen LogP contribution in [0.1, 0.15) is 32.6 Å². The highest BCUT2D eigenvalue weighted by atomic mass is 16.3. The fraction of sp³-hybridized carbons (Fsp3) is 0.900. The second-order valence-electron chi connectivity index (χ2n) is 3.55. The van der Waals surface area contributed by atoms with Crippen molar-refractivity contribution in [2.24, 2.45) is 5.73 Å². The lowest BCUT2D eigenvalue weighted by Crippen LogP contribution is -2.29. The summed E-state index contributed by atoms with van der Waals surface area (Å²) in [6.45, 7) is 5.07. The molecule has 4 nitrogen and oxygen atoms in total. The van der Waals surface area contributed by atoms with E-state index in [-0.39, 0.29) is 12.4 Å². The highest BCUT2D eigenvalue weighted by Crippen LogP contribution is 1.98. The Balaban J connectivity index is 3.55. The van der Waals surface area contributed by atoms with E-state index in [0.717, 1.165) is 26.1 Å². The lowest BCUT2D eigenvalue weighted by Gasteiger charge is -2.20. The molecule has 14 heavy (non-hydrogen) atoms. The molecular weight excluding hydrogens is 178 g/mol. The number of aliphatic hydroxyl groups excluding tert-OH is 1. The fourth-order valence-electron chi connectivity index (χ4n) is 1.35. The van der Waals surface area contributed by atoms with Gasteiger partial charge in [-0.1, -0.05) is 13.3 Å². The molecule has 0 fully saturated rings. The van der Waals surface area contributed by atoms with Crippen LogP contribution in [0.4, 0.5) is 0 Å². The molecule has 0 radical (unpaired) electrons. The minimum absolute atomic E-state index is 0.212. The van der Waals surface area contributed by atoms with Crippen LogP contribution >= 0.6 is 0 Å². The zero-order valence-electron chi connectivity index (χ0n) is 9.13. The summed E-state index contributed by atoms with van der Waals surface area (Å²) in [6.07, 6.45) is 3.92. The first-order chi connectivity index (χ1) is 6.70. The molecule has 0 rings (SSSR count). The van der Waals surface area contributed by atoms with E-state index in [4.69, 9.17) is 16.2 Å². The maximum absolute atomic E-state index is 8.84. The summed E-state index contributed by atoms with van der Waals surface area (Å²) < 4.78 is 0. The molecule has 0 amide bonds. The zero-order valence-corrected chi connectivity index (χ0v) is 9.13. The van der Waals surface area contributed by atoms with Gasteiger partial charge in [-0.3, -0.25) is 5.41 Å². The van der Waals surface area contributed by atoms with E-state index in [0.29, 0.717) is 6.42 Å². The van der Waals surface area contributed by atoms with E-state index in [1.165, 1.54) is 12.8 Å². The minimum atomic E-state index is 0.212. The average molecular weight is 201 g/mol. The highest BCUT2D eigenvalue weighted by molar-refractivity contribution is 5.76. The van der Waals surface area contributed by atoms with Gasteiger partial charge in [-0.25, -0.2) is 0 Å². The molecule has 0 spiro atoms. The van der Waals surface area contributed by atoms with Crippen molar-refractivity contribution in [3.8, 4) is 0 Å². The van der Waals surface area contributed by atoms with Gasteiger partial charge in [0.05, 0.1) is 12.4 Å². The van der Waals surface area contributed by atoms with Crippen molar-refractivity contribution >= 4 is 5.84 Å². The smallest absolute Gasteiger partial charge is 0.0905 e. The molecular formula is C10H23N3O. The van der Waals surface area contributed by atoms with Crippen LogP contribution in [0, 0.1) is 5.41 Å². The molecule has 0 aromatic carbocycles. The van der Waals surface area contributed by atoms with Gasteiger partial charge in [0.2, 0.25) is 0 Å². The topological polar surface area (TPSA) is 73.3 Å². The molecule has 84 valence electrons. The van der Waals surface area contributed by atoms with Crippen molar-refractivity contribution in [1.29, 1.82) is 5.41 Å². The van der Waals surface area contributed by atoms with E-state index in [9.17, 15) is 0 Å². The summed E-state index contributed by atoms with van der Waals surface area (Å²) in [5, 5.41) is 15.9. The SMILES string of the molecule is CCCCN(CCO)CCCC(=N)N. The second kappa shape index (κ2) is 8.97. The molecule has 0 aliphatic carbocycles. The van der Waals surface area contributed by atoms with Gasteiger partial charge in [0.25, 0.3) is 0 Å². The third-order valence-electron chi connectivity index (χ3n) is 2.16. The molecule has 0 unspecified atom stereocenters. The van der Waals surface area contributed by atoms with Gasteiger partial charge in [-0.05, 0) is 25.9 Å². The number of nitrogens with two attached hydrogens (primary N) is 1. The maximum atomic E-state index is 8.84. The Labute approximate surface area is 86.6 Å². The summed E-state index contributed by atoms with van der Waals surface area (Å²) in [6, 6.07) is 0. The molecule has 4 N–H and O–H groups in total. The van der Waals surface area contributed by atoms with E-state index >= 15 is 0 Å². The molecule has 0 saturated carbocycles. The zero-order chi connectivity index (χ0) is 10.8. The van der Waals surface area contributed by atoms with Crippen molar-refractivity contribution in [2.75, 3.05) is 26.2 Å². The van der Waals surface area contributed by atoms with Crippen molar-refractivity contribution in [2.45, 2.75) is 32.6 Å². The van der Waals surface area contributed by atoms with Crippen LogP contribution < -0.4 is 5.73 Å². The fourth-order valence-corrected chi connectivity index (χ4v) is 1.35. The Bertz CT molecular complexity index is 150. The number of nitrogens with zero attached hydrogens (tertiary/aromatic N) is 1. The van der Waals surface area contributed by atoms with Crippen LogP contribution in [0.25, 0.3) is 0 Å². The third kappa shape index (κ3) is 8.01. The highest BCUT2D eigenvalue weighted by Gasteiger charge is 2.03. The van der Waals surface area contributed by atoms with Gasteiger partial charge in [-0.15, -0.1) is 0 Å². The molecule has 0 aromatic rings. The maximum Gasteiger partial charge on any atom is 0.0905 e. The largest absolute Gasteiger partial charge is 0.395 e. The van der Waals surface area contributed by atoms with E-state index in [2.05, 4.69) is 11.8 Å². The molecule has 0 heterocycles. The Hall–Kier alpha value is -0.610. The third-order valence-corrected chi connectivity index (χ3v) is 2.16.